The number of aromatic nitrogens is 1. The molecule has 0 fully saturated rings. The lowest BCUT2D eigenvalue weighted by atomic mass is 10.1. The van der Waals surface area contributed by atoms with Crippen LogP contribution in [0.5, 0.6) is 5.75 Å². The molecule has 2 rings (SSSR count). The zero-order chi connectivity index (χ0) is 12.3. The quantitative estimate of drug-likeness (QED) is 0.816. The number of ketones is 1. The normalized spacial score (nSPS) is 10.0. The minimum Gasteiger partial charge on any atom is -0.494 e. The molecule has 0 N–H and O–H groups in total. The third kappa shape index (κ3) is 2.53. The van der Waals surface area contributed by atoms with Crippen molar-refractivity contribution in [1.82, 2.24) is 4.98 Å². The average molecular weight is 292 g/mol. The van der Waals surface area contributed by atoms with Crippen molar-refractivity contribution in [3.63, 3.8) is 0 Å². The van der Waals surface area contributed by atoms with Gasteiger partial charge in [0, 0.05) is 16.2 Å². The first-order valence-electron chi connectivity index (χ1n) is 5.01. The van der Waals surface area contributed by atoms with E-state index in [9.17, 15) is 4.79 Å². The molecule has 0 spiro atoms. The fraction of sp³-hybridized carbons (Fsp3) is 0.0769. The number of carbonyl (C=O) groups is 1. The molecule has 0 aliphatic carbocycles. The number of hydrogen-bond donors (Lipinski definition) is 0. The van der Waals surface area contributed by atoms with Crippen LogP contribution in [0.25, 0.3) is 0 Å². The van der Waals surface area contributed by atoms with Gasteiger partial charge in [0.1, 0.15) is 5.75 Å². The highest BCUT2D eigenvalue weighted by atomic mass is 79.9. The number of carbonyl (C=O) groups excluding carboxylic acids is 1. The molecule has 2 aromatic rings. The molecule has 1 aromatic heterocycles. The zero-order valence-corrected chi connectivity index (χ0v) is 10.8. The predicted octanol–water partition coefficient (Wildman–Crippen LogP) is 3.08. The van der Waals surface area contributed by atoms with Crippen LogP contribution in [0.3, 0.4) is 0 Å². The molecule has 0 atom stereocenters. The molecule has 3 nitrogen and oxygen atoms in total. The molecule has 0 radical (unpaired) electrons. The van der Waals surface area contributed by atoms with Gasteiger partial charge in [-0.25, -0.2) is 4.98 Å². The van der Waals surface area contributed by atoms with Crippen LogP contribution in [-0.4, -0.2) is 17.9 Å². The number of ether oxygens (including phenoxy) is 1. The maximum atomic E-state index is 12.2. The Morgan fingerprint density at radius 3 is 2.82 bits per heavy atom. The van der Waals surface area contributed by atoms with Gasteiger partial charge in [0.15, 0.2) is 5.69 Å². The van der Waals surface area contributed by atoms with Crippen molar-refractivity contribution in [1.29, 1.82) is 0 Å². The van der Waals surface area contributed by atoms with Crippen molar-refractivity contribution in [2.24, 2.45) is 0 Å². The first kappa shape index (κ1) is 11.8. The van der Waals surface area contributed by atoms with E-state index in [-0.39, 0.29) is 5.78 Å². The van der Waals surface area contributed by atoms with Crippen LogP contribution in [0.15, 0.2) is 47.1 Å². The topological polar surface area (TPSA) is 39.2 Å². The smallest absolute Gasteiger partial charge is 0.215 e. The third-order valence-electron chi connectivity index (χ3n) is 2.29. The summed E-state index contributed by atoms with van der Waals surface area (Å²) >= 11 is 3.33. The lowest BCUT2D eigenvalue weighted by Crippen LogP contribution is -2.06. The van der Waals surface area contributed by atoms with E-state index in [4.69, 9.17) is 4.74 Å². The van der Waals surface area contributed by atoms with Gasteiger partial charge >= 0.3 is 0 Å². The monoisotopic (exact) mass is 291 g/mol. The number of halogens is 1. The summed E-state index contributed by atoms with van der Waals surface area (Å²) in [6.07, 6.45) is 1.58. The molecular formula is C13H10BrNO2. The summed E-state index contributed by atoms with van der Waals surface area (Å²) in [5.74, 6) is 0.334. The highest BCUT2D eigenvalue weighted by Crippen LogP contribution is 2.20. The fourth-order valence-corrected chi connectivity index (χ4v) is 1.89. The van der Waals surface area contributed by atoms with Crippen molar-refractivity contribution < 1.29 is 9.53 Å². The first-order valence-corrected chi connectivity index (χ1v) is 5.81. The fourth-order valence-electron chi connectivity index (χ4n) is 1.49. The highest BCUT2D eigenvalue weighted by molar-refractivity contribution is 9.10. The van der Waals surface area contributed by atoms with Crippen molar-refractivity contribution in [3.8, 4) is 5.75 Å². The second-order valence-electron chi connectivity index (χ2n) is 3.39. The van der Waals surface area contributed by atoms with Crippen LogP contribution in [0, 0.1) is 0 Å². The van der Waals surface area contributed by atoms with Crippen LogP contribution in [0.2, 0.25) is 0 Å². The van der Waals surface area contributed by atoms with Crippen molar-refractivity contribution >= 4 is 21.7 Å². The summed E-state index contributed by atoms with van der Waals surface area (Å²) in [4.78, 5) is 16.3. The van der Waals surface area contributed by atoms with E-state index in [0.29, 0.717) is 17.0 Å². The van der Waals surface area contributed by atoms with Gasteiger partial charge in [0.25, 0.3) is 0 Å². The van der Waals surface area contributed by atoms with E-state index in [1.807, 2.05) is 12.1 Å². The Bertz CT molecular complexity index is 555. The van der Waals surface area contributed by atoms with Crippen LogP contribution in [-0.2, 0) is 0 Å². The minimum atomic E-state index is -0.149. The largest absolute Gasteiger partial charge is 0.494 e. The zero-order valence-electron chi connectivity index (χ0n) is 9.18. The van der Waals surface area contributed by atoms with E-state index in [1.54, 1.807) is 30.5 Å². The van der Waals surface area contributed by atoms with Gasteiger partial charge in [-0.05, 0) is 24.3 Å². The summed E-state index contributed by atoms with van der Waals surface area (Å²) in [5, 5.41) is 0. The van der Waals surface area contributed by atoms with E-state index < -0.39 is 0 Å². The molecule has 0 unspecified atom stereocenters. The number of nitrogens with zero attached hydrogens (tertiary/aromatic N) is 1. The Morgan fingerprint density at radius 2 is 2.12 bits per heavy atom. The van der Waals surface area contributed by atoms with Gasteiger partial charge in [-0.15, -0.1) is 0 Å². The summed E-state index contributed by atoms with van der Waals surface area (Å²) in [6, 6.07) is 10.6. The minimum absolute atomic E-state index is 0.149. The molecule has 0 bridgehead atoms. The second-order valence-corrected chi connectivity index (χ2v) is 4.31. The van der Waals surface area contributed by atoms with Crippen LogP contribution in [0.4, 0.5) is 0 Å². The highest BCUT2D eigenvalue weighted by Gasteiger charge is 2.15. The molecule has 17 heavy (non-hydrogen) atoms. The third-order valence-corrected chi connectivity index (χ3v) is 2.79. The number of benzene rings is 1. The van der Waals surface area contributed by atoms with E-state index in [0.717, 1.165) is 4.47 Å². The predicted molar refractivity (Wildman–Crippen MR) is 68.4 cm³/mol. The van der Waals surface area contributed by atoms with Gasteiger partial charge in [-0.3, -0.25) is 4.79 Å². The molecule has 86 valence electrons. The standard InChI is InChI=1S/C13H10BrNO2/c1-17-11-6-3-7-15-12(11)13(16)9-4-2-5-10(14)8-9/h2-8H,1H3. The Hall–Kier alpha value is -1.68. The van der Waals surface area contributed by atoms with Crippen molar-refractivity contribution in [2.75, 3.05) is 7.11 Å². The molecule has 0 saturated carbocycles. The van der Waals surface area contributed by atoms with E-state index in [2.05, 4.69) is 20.9 Å². The number of pyridine rings is 1. The lowest BCUT2D eigenvalue weighted by Gasteiger charge is -2.06. The molecule has 4 heteroatoms. The lowest BCUT2D eigenvalue weighted by molar-refractivity contribution is 0.103. The molecule has 0 amide bonds. The van der Waals surface area contributed by atoms with Crippen molar-refractivity contribution in [3.05, 3.63) is 58.3 Å². The Kier molecular flexibility index (Phi) is 3.54. The molecular weight excluding hydrogens is 282 g/mol. The van der Waals surface area contributed by atoms with Crippen LogP contribution in [0.1, 0.15) is 16.1 Å². The van der Waals surface area contributed by atoms with Gasteiger partial charge < -0.3 is 4.74 Å². The molecule has 0 aliphatic rings. The second kappa shape index (κ2) is 5.10. The molecule has 0 aliphatic heterocycles. The SMILES string of the molecule is COc1cccnc1C(=O)c1cccc(Br)c1. The maximum Gasteiger partial charge on any atom is 0.215 e. The van der Waals surface area contributed by atoms with Gasteiger partial charge in [0.05, 0.1) is 7.11 Å². The average Bonchev–Trinajstić information content (AvgIpc) is 2.38. The summed E-state index contributed by atoms with van der Waals surface area (Å²) in [6.45, 7) is 0. The van der Waals surface area contributed by atoms with Gasteiger partial charge in [0.2, 0.25) is 5.78 Å². The first-order chi connectivity index (χ1) is 8.22. The maximum absolute atomic E-state index is 12.2. The number of methoxy groups -OCH3 is 1. The Balaban J connectivity index is 2.44. The Labute approximate surface area is 108 Å². The van der Waals surface area contributed by atoms with Crippen molar-refractivity contribution in [2.45, 2.75) is 0 Å². The number of rotatable bonds is 3. The van der Waals surface area contributed by atoms with Gasteiger partial charge in [-0.2, -0.15) is 0 Å². The van der Waals surface area contributed by atoms with Gasteiger partial charge in [-0.1, -0.05) is 28.1 Å². The number of hydrogen-bond acceptors (Lipinski definition) is 3. The van der Waals surface area contributed by atoms with E-state index >= 15 is 0 Å². The molecule has 1 heterocycles. The molecule has 0 saturated heterocycles. The van der Waals surface area contributed by atoms with E-state index in [1.165, 1.54) is 7.11 Å². The summed E-state index contributed by atoms with van der Waals surface area (Å²) in [5.41, 5.74) is 0.907. The van der Waals surface area contributed by atoms with Crippen LogP contribution < -0.4 is 4.74 Å². The summed E-state index contributed by atoms with van der Waals surface area (Å²) in [7, 11) is 1.52. The summed E-state index contributed by atoms with van der Waals surface area (Å²) < 4.78 is 5.98. The molecule has 1 aromatic carbocycles. The van der Waals surface area contributed by atoms with Crippen LogP contribution >= 0.6 is 15.9 Å². The Morgan fingerprint density at radius 1 is 1.29 bits per heavy atom.